The summed E-state index contributed by atoms with van der Waals surface area (Å²) in [5.74, 6) is -1.15. The molecule has 5 nitrogen and oxygen atoms in total. The average molecular weight is 488 g/mol. The highest BCUT2D eigenvalue weighted by Gasteiger charge is 2.24. The molecule has 3 aromatic rings. The van der Waals surface area contributed by atoms with Crippen LogP contribution in [0.25, 0.3) is 0 Å². The Labute approximate surface area is 188 Å². The van der Waals surface area contributed by atoms with Gasteiger partial charge in [-0.3, -0.25) is 9.10 Å². The van der Waals surface area contributed by atoms with Crippen LogP contribution < -0.4 is 9.62 Å². The van der Waals surface area contributed by atoms with Crippen LogP contribution in [0.2, 0.25) is 15.1 Å². The minimum Gasteiger partial charge on any atom is -0.321 e. The Balaban J connectivity index is 1.95. The summed E-state index contributed by atoms with van der Waals surface area (Å²) in [5, 5.41) is 3.23. The second-order valence-electron chi connectivity index (χ2n) is 6.17. The van der Waals surface area contributed by atoms with Gasteiger partial charge in [-0.05, 0) is 60.7 Å². The van der Waals surface area contributed by atoms with Crippen molar-refractivity contribution in [2.75, 3.05) is 16.7 Å². The van der Waals surface area contributed by atoms with Crippen molar-refractivity contribution >= 4 is 62.1 Å². The third-order valence-electron chi connectivity index (χ3n) is 4.21. The number of sulfonamides is 1. The second-order valence-corrected chi connectivity index (χ2v) is 9.39. The SMILES string of the molecule is CN(c1ccc(F)cc1)S(=O)(=O)c1ccc(Cl)c(C(=O)Nc2cc(Cl)ccc2Cl)c1. The maximum absolute atomic E-state index is 13.1. The predicted octanol–water partition coefficient (Wildman–Crippen LogP) is 5.86. The molecule has 10 heteroatoms. The Morgan fingerprint density at radius 3 is 2.23 bits per heavy atom. The first-order valence-corrected chi connectivity index (χ1v) is 11.0. The lowest BCUT2D eigenvalue weighted by Gasteiger charge is -2.20. The van der Waals surface area contributed by atoms with Crippen molar-refractivity contribution in [2.24, 2.45) is 0 Å². The number of anilines is 2. The van der Waals surface area contributed by atoms with E-state index < -0.39 is 21.7 Å². The molecule has 0 saturated heterocycles. The van der Waals surface area contributed by atoms with E-state index in [2.05, 4.69) is 5.32 Å². The molecule has 0 aliphatic carbocycles. The van der Waals surface area contributed by atoms with Gasteiger partial charge in [-0.25, -0.2) is 12.8 Å². The summed E-state index contributed by atoms with van der Waals surface area (Å²) in [6.45, 7) is 0. The predicted molar refractivity (Wildman–Crippen MR) is 118 cm³/mol. The number of halogens is 4. The summed E-state index contributed by atoms with van der Waals surface area (Å²) in [5.41, 5.74) is 0.436. The van der Waals surface area contributed by atoms with Gasteiger partial charge < -0.3 is 5.32 Å². The number of nitrogens with one attached hydrogen (secondary N) is 1. The van der Waals surface area contributed by atoms with Crippen molar-refractivity contribution in [3.8, 4) is 0 Å². The van der Waals surface area contributed by atoms with E-state index in [0.29, 0.717) is 5.02 Å². The van der Waals surface area contributed by atoms with Crippen molar-refractivity contribution < 1.29 is 17.6 Å². The van der Waals surface area contributed by atoms with E-state index in [1.54, 1.807) is 6.07 Å². The van der Waals surface area contributed by atoms with Crippen LogP contribution in [0.15, 0.2) is 65.6 Å². The molecular formula is C20H14Cl3FN2O3S. The zero-order valence-corrected chi connectivity index (χ0v) is 18.4. The number of carbonyl (C=O) groups is 1. The normalized spacial score (nSPS) is 11.2. The van der Waals surface area contributed by atoms with Gasteiger partial charge in [0.05, 0.1) is 31.9 Å². The first-order chi connectivity index (χ1) is 14.1. The summed E-state index contributed by atoms with van der Waals surface area (Å²) in [7, 11) is -2.72. The van der Waals surface area contributed by atoms with E-state index in [-0.39, 0.29) is 31.9 Å². The minimum absolute atomic E-state index is 0.0500. The minimum atomic E-state index is -4.04. The highest BCUT2D eigenvalue weighted by atomic mass is 35.5. The maximum Gasteiger partial charge on any atom is 0.264 e. The Morgan fingerprint density at radius 2 is 1.57 bits per heavy atom. The van der Waals surface area contributed by atoms with Gasteiger partial charge in [0.25, 0.3) is 15.9 Å². The summed E-state index contributed by atoms with van der Waals surface area (Å²) >= 11 is 18.1. The molecule has 0 fully saturated rings. The van der Waals surface area contributed by atoms with Gasteiger partial charge in [0.15, 0.2) is 0 Å². The lowest BCUT2D eigenvalue weighted by atomic mass is 10.2. The van der Waals surface area contributed by atoms with Crippen molar-refractivity contribution in [1.82, 2.24) is 0 Å². The first-order valence-electron chi connectivity index (χ1n) is 8.40. The first kappa shape index (κ1) is 22.4. The van der Waals surface area contributed by atoms with E-state index in [4.69, 9.17) is 34.8 Å². The van der Waals surface area contributed by atoms with Crippen LogP contribution in [0.1, 0.15) is 10.4 Å². The molecule has 0 atom stereocenters. The molecule has 30 heavy (non-hydrogen) atoms. The van der Waals surface area contributed by atoms with Gasteiger partial charge in [-0.1, -0.05) is 34.8 Å². The van der Waals surface area contributed by atoms with E-state index in [1.165, 1.54) is 43.4 Å². The van der Waals surface area contributed by atoms with Crippen molar-refractivity contribution in [2.45, 2.75) is 4.90 Å². The molecule has 156 valence electrons. The van der Waals surface area contributed by atoms with Crippen LogP contribution in [-0.2, 0) is 10.0 Å². The molecule has 0 radical (unpaired) electrons. The molecule has 0 bridgehead atoms. The fraction of sp³-hybridized carbons (Fsp3) is 0.0500. The highest BCUT2D eigenvalue weighted by molar-refractivity contribution is 7.92. The largest absolute Gasteiger partial charge is 0.321 e. The Hall–Kier alpha value is -2.32. The Bertz CT molecular complexity index is 1220. The lowest BCUT2D eigenvalue weighted by molar-refractivity contribution is 0.102. The summed E-state index contributed by atoms with van der Waals surface area (Å²) < 4.78 is 40.1. The van der Waals surface area contributed by atoms with Gasteiger partial charge >= 0.3 is 0 Å². The maximum atomic E-state index is 13.1. The molecule has 0 spiro atoms. The fourth-order valence-corrected chi connectivity index (χ4v) is 4.33. The van der Waals surface area contributed by atoms with Crippen LogP contribution in [-0.4, -0.2) is 21.4 Å². The zero-order chi connectivity index (χ0) is 22.1. The van der Waals surface area contributed by atoms with Crippen LogP contribution >= 0.6 is 34.8 Å². The number of rotatable bonds is 5. The number of hydrogen-bond acceptors (Lipinski definition) is 3. The fourth-order valence-electron chi connectivity index (χ4n) is 2.57. The quantitative estimate of drug-likeness (QED) is 0.490. The van der Waals surface area contributed by atoms with Gasteiger partial charge in [0, 0.05) is 12.1 Å². The summed E-state index contributed by atoms with van der Waals surface area (Å²) in [6, 6.07) is 13.2. The van der Waals surface area contributed by atoms with Crippen molar-refractivity contribution in [3.63, 3.8) is 0 Å². The van der Waals surface area contributed by atoms with E-state index >= 15 is 0 Å². The van der Waals surface area contributed by atoms with Gasteiger partial charge in [0.2, 0.25) is 0 Å². The number of benzene rings is 3. The topological polar surface area (TPSA) is 66.5 Å². The lowest BCUT2D eigenvalue weighted by Crippen LogP contribution is -2.27. The molecule has 0 unspecified atom stereocenters. The average Bonchev–Trinajstić information content (AvgIpc) is 2.70. The van der Waals surface area contributed by atoms with Crippen molar-refractivity contribution in [1.29, 1.82) is 0 Å². The molecule has 0 saturated carbocycles. The molecule has 0 aliphatic heterocycles. The van der Waals surface area contributed by atoms with Crippen LogP contribution in [0.5, 0.6) is 0 Å². The van der Waals surface area contributed by atoms with E-state index in [0.717, 1.165) is 22.5 Å². The second kappa shape index (κ2) is 8.81. The van der Waals surface area contributed by atoms with Gasteiger partial charge in [-0.2, -0.15) is 0 Å². The van der Waals surface area contributed by atoms with Crippen molar-refractivity contribution in [3.05, 3.63) is 87.1 Å². The molecule has 3 aromatic carbocycles. The Morgan fingerprint density at radius 1 is 0.933 bits per heavy atom. The third-order valence-corrected chi connectivity index (χ3v) is 6.88. The van der Waals surface area contributed by atoms with Gasteiger partial charge in [-0.15, -0.1) is 0 Å². The molecule has 0 aromatic heterocycles. The number of amides is 1. The molecular weight excluding hydrogens is 474 g/mol. The zero-order valence-electron chi connectivity index (χ0n) is 15.4. The standard InChI is InChI=1S/C20H14Cl3FN2O3S/c1-26(14-5-3-13(24)4-6-14)30(28,29)15-7-9-17(22)16(11-15)20(27)25-19-10-12(21)2-8-18(19)23/h2-11H,1H3,(H,25,27). The summed E-state index contributed by atoms with van der Waals surface area (Å²) in [4.78, 5) is 12.5. The summed E-state index contributed by atoms with van der Waals surface area (Å²) in [6.07, 6.45) is 0. The molecule has 0 aliphatic rings. The number of nitrogens with zero attached hydrogens (tertiary/aromatic N) is 1. The number of hydrogen-bond donors (Lipinski definition) is 1. The Kier molecular flexibility index (Phi) is 6.57. The smallest absolute Gasteiger partial charge is 0.264 e. The highest BCUT2D eigenvalue weighted by Crippen LogP contribution is 2.29. The monoisotopic (exact) mass is 486 g/mol. The van der Waals surface area contributed by atoms with E-state index in [9.17, 15) is 17.6 Å². The molecule has 0 heterocycles. The van der Waals surface area contributed by atoms with E-state index in [1.807, 2.05) is 0 Å². The third kappa shape index (κ3) is 4.70. The van der Waals surface area contributed by atoms with Gasteiger partial charge in [0.1, 0.15) is 5.82 Å². The van der Waals surface area contributed by atoms with Crippen LogP contribution in [0.4, 0.5) is 15.8 Å². The van der Waals surface area contributed by atoms with Crippen LogP contribution in [0, 0.1) is 5.82 Å². The molecule has 1 amide bonds. The molecule has 3 rings (SSSR count). The number of carbonyl (C=O) groups excluding carboxylic acids is 1. The van der Waals surface area contributed by atoms with Crippen LogP contribution in [0.3, 0.4) is 0 Å². The molecule has 1 N–H and O–H groups in total.